The lowest BCUT2D eigenvalue weighted by molar-refractivity contribution is -0.121. The normalized spacial score (nSPS) is 13.8. The van der Waals surface area contributed by atoms with Crippen molar-refractivity contribution in [3.8, 4) is 16.9 Å². The molecule has 13 heteroatoms. The molecule has 8 nitrogen and oxygen atoms in total. The number of alkyl halides is 3. The molecule has 0 fully saturated rings. The molecule has 0 aliphatic heterocycles. The van der Waals surface area contributed by atoms with E-state index in [0.717, 1.165) is 30.4 Å². The number of nitrogens with one attached hydrogen (secondary N) is 2. The van der Waals surface area contributed by atoms with Gasteiger partial charge in [0.1, 0.15) is 17.9 Å². The van der Waals surface area contributed by atoms with E-state index in [-0.39, 0.29) is 23.7 Å². The van der Waals surface area contributed by atoms with Gasteiger partial charge >= 0.3 is 11.9 Å². The number of aryl methyl sites for hydroxylation is 1. The van der Waals surface area contributed by atoms with Crippen molar-refractivity contribution in [2.45, 2.75) is 77.2 Å². The third kappa shape index (κ3) is 9.62. The van der Waals surface area contributed by atoms with Crippen molar-refractivity contribution in [3.05, 3.63) is 81.1 Å². The van der Waals surface area contributed by atoms with Crippen LogP contribution in [-0.4, -0.2) is 45.2 Å². The van der Waals surface area contributed by atoms with Crippen molar-refractivity contribution in [2.24, 2.45) is 16.5 Å². The predicted molar refractivity (Wildman–Crippen MR) is 171 cm³/mol. The topological polar surface area (TPSA) is 127 Å². The Balaban J connectivity index is 1.45. The molecule has 6 N–H and O–H groups in total. The number of hydrogen-bond donors (Lipinski definition) is 4. The second kappa shape index (κ2) is 15.0. The first-order chi connectivity index (χ1) is 21.3. The van der Waals surface area contributed by atoms with Crippen LogP contribution >= 0.6 is 11.6 Å². The summed E-state index contributed by atoms with van der Waals surface area (Å²) in [7, 11) is 0. The van der Waals surface area contributed by atoms with Crippen LogP contribution in [0.3, 0.4) is 0 Å². The van der Waals surface area contributed by atoms with E-state index in [9.17, 15) is 18.0 Å². The third-order valence-corrected chi connectivity index (χ3v) is 7.76. The average molecular weight is 648 g/mol. The monoisotopic (exact) mass is 647 g/mol. The van der Waals surface area contributed by atoms with Crippen LogP contribution in [0.15, 0.2) is 58.4 Å². The van der Waals surface area contributed by atoms with Gasteiger partial charge in [0.25, 0.3) is 0 Å². The highest BCUT2D eigenvalue weighted by molar-refractivity contribution is 6.31. The molecule has 0 aliphatic rings. The lowest BCUT2D eigenvalue weighted by Gasteiger charge is -2.16. The molecular weight excluding hydrogens is 610 g/mol. The van der Waals surface area contributed by atoms with E-state index >= 15 is 4.39 Å². The molecule has 45 heavy (non-hydrogen) atoms. The van der Waals surface area contributed by atoms with Gasteiger partial charge in [-0.15, -0.1) is 0 Å². The molecular formula is C32H38ClF4N7O. The largest absolute Gasteiger partial charge is 0.395 e. The lowest BCUT2D eigenvalue weighted by Crippen LogP contribution is -2.29. The van der Waals surface area contributed by atoms with E-state index in [1.807, 2.05) is 26.0 Å². The first-order valence-corrected chi connectivity index (χ1v) is 15.2. The molecule has 0 aliphatic carbocycles. The van der Waals surface area contributed by atoms with Gasteiger partial charge in [0.15, 0.2) is 5.82 Å². The second-order valence-electron chi connectivity index (χ2n) is 11.3. The second-order valence-corrected chi connectivity index (χ2v) is 11.7. The number of rotatable bonds is 14. The Morgan fingerprint density at radius 3 is 2.56 bits per heavy atom. The number of benzene rings is 2. The number of H-pyrrole nitrogens is 1. The van der Waals surface area contributed by atoms with Gasteiger partial charge in [0.05, 0.1) is 16.4 Å². The van der Waals surface area contributed by atoms with E-state index in [1.165, 1.54) is 4.57 Å². The first kappa shape index (κ1) is 34.1. The molecule has 0 saturated heterocycles. The van der Waals surface area contributed by atoms with Gasteiger partial charge in [-0.3, -0.25) is 9.56 Å². The maximum atomic E-state index is 15.1. The summed E-state index contributed by atoms with van der Waals surface area (Å²) in [6.45, 7) is 4.64. The van der Waals surface area contributed by atoms with Crippen LogP contribution in [-0.2, 0) is 13.0 Å². The van der Waals surface area contributed by atoms with Crippen molar-refractivity contribution in [1.29, 1.82) is 0 Å². The van der Waals surface area contributed by atoms with E-state index in [1.54, 1.807) is 36.5 Å². The van der Waals surface area contributed by atoms with Gasteiger partial charge in [-0.05, 0) is 80.5 Å². The summed E-state index contributed by atoms with van der Waals surface area (Å²) < 4.78 is 53.8. The molecule has 4 rings (SSSR count). The summed E-state index contributed by atoms with van der Waals surface area (Å²) in [4.78, 5) is 24.0. The van der Waals surface area contributed by atoms with E-state index in [2.05, 4.69) is 20.3 Å². The van der Waals surface area contributed by atoms with Crippen molar-refractivity contribution >= 4 is 28.5 Å². The SMILES string of the molecule is CCC(CCN=C(N)CC(F)(F)F)NCc1ccc(-n2cc3cc(-c4cc(CCC[C@H](C)N)cc(Cl)c4F)[nH]c3nc2=O)cc1. The molecule has 0 spiro atoms. The number of fused-ring (bicyclic) bond motifs is 1. The Morgan fingerprint density at radius 1 is 1.16 bits per heavy atom. The molecule has 4 aromatic rings. The number of aromatic nitrogens is 3. The van der Waals surface area contributed by atoms with Gasteiger partial charge in [-0.2, -0.15) is 18.2 Å². The summed E-state index contributed by atoms with van der Waals surface area (Å²) in [5, 5.41) is 4.03. The van der Waals surface area contributed by atoms with Crippen molar-refractivity contribution in [2.75, 3.05) is 6.54 Å². The number of nitrogens with zero attached hydrogens (tertiary/aromatic N) is 3. The number of nitrogens with two attached hydrogens (primary N) is 2. The summed E-state index contributed by atoms with van der Waals surface area (Å²) >= 11 is 6.22. The van der Waals surface area contributed by atoms with Crippen LogP contribution in [0.4, 0.5) is 17.6 Å². The molecule has 0 amide bonds. The maximum absolute atomic E-state index is 15.1. The first-order valence-electron chi connectivity index (χ1n) is 14.9. The number of aromatic amines is 1. The Kier molecular flexibility index (Phi) is 11.4. The Morgan fingerprint density at radius 2 is 1.89 bits per heavy atom. The minimum Gasteiger partial charge on any atom is -0.387 e. The summed E-state index contributed by atoms with van der Waals surface area (Å²) in [6.07, 6.45) is -0.228. The fraction of sp³-hybridized carbons (Fsp3) is 0.406. The van der Waals surface area contributed by atoms with E-state index in [0.29, 0.717) is 47.4 Å². The van der Waals surface area contributed by atoms with Gasteiger partial charge in [-0.1, -0.05) is 30.7 Å². The fourth-order valence-electron chi connectivity index (χ4n) is 5.05. The smallest absolute Gasteiger partial charge is 0.387 e. The molecule has 0 bridgehead atoms. The minimum absolute atomic E-state index is 0.0217. The number of hydrogen-bond acceptors (Lipinski definition) is 5. The minimum atomic E-state index is -4.37. The van der Waals surface area contributed by atoms with Crippen LogP contribution < -0.4 is 22.5 Å². The van der Waals surface area contributed by atoms with Crippen molar-refractivity contribution in [3.63, 3.8) is 0 Å². The fourth-order valence-corrected chi connectivity index (χ4v) is 5.29. The van der Waals surface area contributed by atoms with E-state index < -0.39 is 29.9 Å². The van der Waals surface area contributed by atoms with E-state index in [4.69, 9.17) is 23.1 Å². The van der Waals surface area contributed by atoms with Crippen LogP contribution in [0.2, 0.25) is 5.02 Å². The zero-order valence-electron chi connectivity index (χ0n) is 25.2. The quantitative estimate of drug-likeness (QED) is 0.0715. The summed E-state index contributed by atoms with van der Waals surface area (Å²) in [6, 6.07) is 12.6. The van der Waals surface area contributed by atoms with Crippen molar-refractivity contribution < 1.29 is 17.6 Å². The Labute approximate surface area is 263 Å². The highest BCUT2D eigenvalue weighted by Gasteiger charge is 2.28. The maximum Gasteiger partial charge on any atom is 0.395 e. The summed E-state index contributed by atoms with van der Waals surface area (Å²) in [5.41, 5.74) is 14.3. The summed E-state index contributed by atoms with van der Waals surface area (Å²) in [5.74, 6) is -0.969. The number of amidine groups is 1. The average Bonchev–Trinajstić information content (AvgIpc) is 3.38. The molecule has 0 saturated carbocycles. The zero-order chi connectivity index (χ0) is 32.7. The van der Waals surface area contributed by atoms with Crippen LogP contribution in [0.5, 0.6) is 0 Å². The van der Waals surface area contributed by atoms with Crippen LogP contribution in [0.25, 0.3) is 28.0 Å². The lowest BCUT2D eigenvalue weighted by atomic mass is 10.0. The van der Waals surface area contributed by atoms with Crippen LogP contribution in [0, 0.1) is 5.82 Å². The molecule has 242 valence electrons. The van der Waals surface area contributed by atoms with Crippen LogP contribution in [0.1, 0.15) is 57.1 Å². The standard InChI is InChI=1S/C32H38ClF4N7O/c1-3-23(11-12-40-28(39)16-32(35,36)37)41-17-20-7-9-24(10-8-20)44-18-22-15-27(42-30(22)43-31(44)45)25-13-21(6-4-5-19(2)38)14-26(33)29(25)34/h7-10,13-15,18-19,23,41H,3-6,11-12,16-17,38H2,1-2H3,(H2,39,40)(H,42,43,45)/t19-,23?/m0/s1. The molecule has 2 atom stereocenters. The molecule has 2 aromatic heterocycles. The zero-order valence-corrected chi connectivity index (χ0v) is 26.0. The molecule has 2 aromatic carbocycles. The highest BCUT2D eigenvalue weighted by atomic mass is 35.5. The molecule has 2 heterocycles. The van der Waals surface area contributed by atoms with Crippen molar-refractivity contribution in [1.82, 2.24) is 19.9 Å². The highest BCUT2D eigenvalue weighted by Crippen LogP contribution is 2.31. The molecule has 1 unspecified atom stereocenters. The molecule has 0 radical (unpaired) electrons. The van der Waals surface area contributed by atoms with Gasteiger partial charge in [0, 0.05) is 42.3 Å². The third-order valence-electron chi connectivity index (χ3n) is 7.49. The Hall–Kier alpha value is -3.74. The van der Waals surface area contributed by atoms with Gasteiger partial charge in [0.2, 0.25) is 0 Å². The van der Waals surface area contributed by atoms with Gasteiger partial charge in [-0.25, -0.2) is 9.18 Å². The van der Waals surface area contributed by atoms with Gasteiger partial charge < -0.3 is 21.8 Å². The Bertz CT molecular complexity index is 1680. The number of aliphatic imine (C=N–C) groups is 1. The predicted octanol–water partition coefficient (Wildman–Crippen LogP) is 6.41. The number of halogens is 5.